The Morgan fingerprint density at radius 3 is 2.57 bits per heavy atom. The first-order valence-corrected chi connectivity index (χ1v) is 7.13. The van der Waals surface area contributed by atoms with Gasteiger partial charge < -0.3 is 14.8 Å². The molecular weight excluding hydrogens is 288 g/mol. The Kier molecular flexibility index (Phi) is 5.42. The van der Waals surface area contributed by atoms with E-state index in [-0.39, 0.29) is 6.04 Å². The molecule has 0 amide bonds. The summed E-state index contributed by atoms with van der Waals surface area (Å²) < 4.78 is 10.7. The number of hydrogen-bond donors (Lipinski definition) is 1. The van der Waals surface area contributed by atoms with Crippen LogP contribution in [0.15, 0.2) is 36.7 Å². The van der Waals surface area contributed by atoms with Gasteiger partial charge in [-0.3, -0.25) is 4.98 Å². The van der Waals surface area contributed by atoms with Crippen molar-refractivity contribution in [3.05, 3.63) is 52.8 Å². The minimum Gasteiger partial charge on any atom is -0.493 e. The van der Waals surface area contributed by atoms with Crippen molar-refractivity contribution in [3.8, 4) is 11.5 Å². The second-order valence-corrected chi connectivity index (χ2v) is 4.91. The number of rotatable bonds is 6. The van der Waals surface area contributed by atoms with Crippen molar-refractivity contribution >= 4 is 11.6 Å². The Labute approximate surface area is 130 Å². The van der Waals surface area contributed by atoms with Crippen molar-refractivity contribution < 1.29 is 9.47 Å². The average molecular weight is 307 g/mol. The van der Waals surface area contributed by atoms with Crippen molar-refractivity contribution in [2.24, 2.45) is 0 Å². The topological polar surface area (TPSA) is 43.4 Å². The number of halogens is 1. The van der Waals surface area contributed by atoms with Gasteiger partial charge in [-0.25, -0.2) is 0 Å². The molecule has 0 radical (unpaired) electrons. The molecule has 0 fully saturated rings. The first kappa shape index (κ1) is 15.6. The van der Waals surface area contributed by atoms with Crippen molar-refractivity contribution in [1.29, 1.82) is 0 Å². The van der Waals surface area contributed by atoms with Crippen molar-refractivity contribution in [2.75, 3.05) is 20.8 Å². The molecule has 21 heavy (non-hydrogen) atoms. The minimum atomic E-state index is -0.0229. The molecule has 0 bridgehead atoms. The van der Waals surface area contributed by atoms with Gasteiger partial charge in [0.15, 0.2) is 11.5 Å². The van der Waals surface area contributed by atoms with Crippen LogP contribution in [0, 0.1) is 0 Å². The molecular formula is C16H19ClN2O2. The smallest absolute Gasteiger partial charge is 0.161 e. The molecule has 2 rings (SSSR count). The third kappa shape index (κ3) is 3.46. The van der Waals surface area contributed by atoms with Gasteiger partial charge in [-0.15, -0.1) is 0 Å². The predicted molar refractivity (Wildman–Crippen MR) is 84.3 cm³/mol. The molecule has 1 aromatic heterocycles. The summed E-state index contributed by atoms with van der Waals surface area (Å²) in [5, 5.41) is 4.07. The third-order valence-electron chi connectivity index (χ3n) is 3.26. The molecule has 5 heteroatoms. The van der Waals surface area contributed by atoms with Crippen molar-refractivity contribution in [1.82, 2.24) is 10.3 Å². The lowest BCUT2D eigenvalue weighted by molar-refractivity contribution is 0.354. The zero-order valence-electron chi connectivity index (χ0n) is 12.4. The maximum absolute atomic E-state index is 6.28. The number of hydrogen-bond acceptors (Lipinski definition) is 4. The van der Waals surface area contributed by atoms with E-state index in [0.29, 0.717) is 16.5 Å². The zero-order chi connectivity index (χ0) is 15.2. The second kappa shape index (κ2) is 7.29. The highest BCUT2D eigenvalue weighted by molar-refractivity contribution is 6.31. The predicted octanol–water partition coefficient (Wildman–Crippen LogP) is 3.45. The molecule has 1 unspecified atom stereocenters. The van der Waals surface area contributed by atoms with E-state index in [1.807, 2.05) is 24.3 Å². The maximum Gasteiger partial charge on any atom is 0.161 e. The largest absolute Gasteiger partial charge is 0.493 e. The first-order valence-electron chi connectivity index (χ1n) is 6.76. The summed E-state index contributed by atoms with van der Waals surface area (Å²) in [6.45, 7) is 2.88. The van der Waals surface area contributed by atoms with Crippen LogP contribution in [-0.4, -0.2) is 25.7 Å². The Balaban J connectivity index is 2.46. The molecule has 0 saturated carbocycles. The van der Waals surface area contributed by atoms with Gasteiger partial charge in [0, 0.05) is 12.4 Å². The second-order valence-electron chi connectivity index (χ2n) is 4.50. The van der Waals surface area contributed by atoms with E-state index < -0.39 is 0 Å². The number of pyridine rings is 1. The maximum atomic E-state index is 6.28. The summed E-state index contributed by atoms with van der Waals surface area (Å²) in [6, 6.07) is 7.76. The van der Waals surface area contributed by atoms with Crippen molar-refractivity contribution in [2.45, 2.75) is 13.0 Å². The summed E-state index contributed by atoms with van der Waals surface area (Å²) in [7, 11) is 3.25. The SMILES string of the molecule is CCNC(c1ccc(OC)c(OC)c1)c1ccncc1Cl. The van der Waals surface area contributed by atoms with Gasteiger partial charge in [0.05, 0.1) is 25.3 Å². The van der Waals surface area contributed by atoms with Gasteiger partial charge in [0.2, 0.25) is 0 Å². The molecule has 0 spiro atoms. The first-order chi connectivity index (χ1) is 10.2. The van der Waals surface area contributed by atoms with Crippen molar-refractivity contribution in [3.63, 3.8) is 0 Å². The number of nitrogens with zero attached hydrogens (tertiary/aromatic N) is 1. The molecule has 1 aromatic carbocycles. The van der Waals surface area contributed by atoms with Crippen LogP contribution < -0.4 is 14.8 Å². The number of benzene rings is 1. The van der Waals surface area contributed by atoms with Crippen LogP contribution in [0.5, 0.6) is 11.5 Å². The molecule has 112 valence electrons. The van der Waals surface area contributed by atoms with E-state index in [9.17, 15) is 0 Å². The third-order valence-corrected chi connectivity index (χ3v) is 3.58. The summed E-state index contributed by atoms with van der Waals surface area (Å²) >= 11 is 6.28. The molecule has 1 N–H and O–H groups in total. The van der Waals surface area contributed by atoms with E-state index in [1.165, 1.54) is 0 Å². The molecule has 0 saturated heterocycles. The fourth-order valence-corrected chi connectivity index (χ4v) is 2.49. The van der Waals surface area contributed by atoms with Gasteiger partial charge in [0.25, 0.3) is 0 Å². The van der Waals surface area contributed by atoms with Crippen LogP contribution in [0.4, 0.5) is 0 Å². The zero-order valence-corrected chi connectivity index (χ0v) is 13.1. The standard InChI is InChI=1S/C16H19ClN2O2/c1-4-19-16(12-7-8-18-10-13(12)17)11-5-6-14(20-2)15(9-11)21-3/h5-10,16,19H,4H2,1-3H3. The van der Waals surface area contributed by atoms with Crippen LogP contribution in [0.3, 0.4) is 0 Å². The molecule has 0 aliphatic heterocycles. The Morgan fingerprint density at radius 1 is 1.19 bits per heavy atom. The van der Waals surface area contributed by atoms with E-state index in [2.05, 4.69) is 17.2 Å². The van der Waals surface area contributed by atoms with Crippen LogP contribution >= 0.6 is 11.6 Å². The number of methoxy groups -OCH3 is 2. The average Bonchev–Trinajstić information content (AvgIpc) is 2.53. The van der Waals surface area contributed by atoms with Gasteiger partial charge in [-0.2, -0.15) is 0 Å². The Morgan fingerprint density at radius 2 is 1.95 bits per heavy atom. The van der Waals surface area contributed by atoms with E-state index in [0.717, 1.165) is 17.7 Å². The Bertz CT molecular complexity index is 605. The lowest BCUT2D eigenvalue weighted by Gasteiger charge is -2.21. The highest BCUT2D eigenvalue weighted by atomic mass is 35.5. The van der Waals surface area contributed by atoms with Crippen LogP contribution in [0.2, 0.25) is 5.02 Å². The van der Waals surface area contributed by atoms with Gasteiger partial charge in [-0.1, -0.05) is 24.6 Å². The fourth-order valence-electron chi connectivity index (χ4n) is 2.26. The van der Waals surface area contributed by atoms with E-state index in [4.69, 9.17) is 21.1 Å². The number of aromatic nitrogens is 1. The minimum absolute atomic E-state index is 0.0229. The lowest BCUT2D eigenvalue weighted by atomic mass is 9.99. The van der Waals surface area contributed by atoms with Gasteiger partial charge >= 0.3 is 0 Å². The van der Waals surface area contributed by atoms with Crippen LogP contribution in [-0.2, 0) is 0 Å². The molecule has 0 aliphatic carbocycles. The fraction of sp³-hybridized carbons (Fsp3) is 0.312. The normalized spacial score (nSPS) is 12.0. The Hall–Kier alpha value is -1.78. The molecule has 4 nitrogen and oxygen atoms in total. The van der Waals surface area contributed by atoms with Gasteiger partial charge in [0.1, 0.15) is 0 Å². The summed E-state index contributed by atoms with van der Waals surface area (Å²) in [4.78, 5) is 4.04. The summed E-state index contributed by atoms with van der Waals surface area (Å²) in [5.41, 5.74) is 2.04. The quantitative estimate of drug-likeness (QED) is 0.887. The monoisotopic (exact) mass is 306 g/mol. The molecule has 1 heterocycles. The lowest BCUT2D eigenvalue weighted by Crippen LogP contribution is -2.22. The summed E-state index contributed by atoms with van der Waals surface area (Å²) in [5.74, 6) is 1.40. The number of ether oxygens (including phenoxy) is 2. The highest BCUT2D eigenvalue weighted by Crippen LogP contribution is 2.34. The van der Waals surface area contributed by atoms with E-state index in [1.54, 1.807) is 26.6 Å². The molecule has 0 aliphatic rings. The molecule has 1 atom stereocenters. The number of nitrogens with one attached hydrogen (secondary N) is 1. The van der Waals surface area contributed by atoms with Crippen LogP contribution in [0.1, 0.15) is 24.1 Å². The highest BCUT2D eigenvalue weighted by Gasteiger charge is 2.18. The van der Waals surface area contributed by atoms with Crippen LogP contribution in [0.25, 0.3) is 0 Å². The molecule has 2 aromatic rings. The summed E-state index contributed by atoms with van der Waals surface area (Å²) in [6.07, 6.45) is 3.40. The van der Waals surface area contributed by atoms with E-state index >= 15 is 0 Å². The van der Waals surface area contributed by atoms with Gasteiger partial charge in [-0.05, 0) is 35.9 Å².